The maximum absolute atomic E-state index is 12.2. The average molecular weight is 288 g/mol. The smallest absolute Gasteiger partial charge is 0.262 e. The Kier molecular flexibility index (Phi) is 5.37. The molecule has 1 aromatic rings. The van der Waals surface area contributed by atoms with E-state index in [2.05, 4.69) is 5.32 Å². The van der Waals surface area contributed by atoms with Crippen molar-refractivity contribution in [3.8, 4) is 6.07 Å². The minimum absolute atomic E-state index is 0.208. The van der Waals surface area contributed by atoms with E-state index in [9.17, 15) is 10.1 Å². The Labute approximate surface area is 124 Å². The number of hydrogen-bond acceptors (Lipinski definition) is 3. The van der Waals surface area contributed by atoms with Crippen LogP contribution >= 0.6 is 11.3 Å². The van der Waals surface area contributed by atoms with Gasteiger partial charge in [-0.05, 0) is 42.9 Å². The summed E-state index contributed by atoms with van der Waals surface area (Å²) in [7, 11) is 0. The molecule has 0 unspecified atom stereocenters. The van der Waals surface area contributed by atoms with Crippen LogP contribution in [0, 0.1) is 18.3 Å². The summed E-state index contributed by atoms with van der Waals surface area (Å²) in [6.07, 6.45) is 8.60. The van der Waals surface area contributed by atoms with Crippen molar-refractivity contribution < 1.29 is 4.79 Å². The minimum atomic E-state index is -0.229. The minimum Gasteiger partial charge on any atom is -0.349 e. The van der Waals surface area contributed by atoms with E-state index < -0.39 is 0 Å². The predicted octanol–water partition coefficient (Wildman–Crippen LogP) is 3.80. The van der Waals surface area contributed by atoms with E-state index in [1.807, 2.05) is 24.4 Å². The number of nitrogens with zero attached hydrogens (tertiary/aromatic N) is 1. The number of carbonyl (C=O) groups is 1. The Morgan fingerprint density at radius 3 is 2.65 bits per heavy atom. The van der Waals surface area contributed by atoms with Crippen molar-refractivity contribution in [2.24, 2.45) is 0 Å². The number of thiophene rings is 1. The molecule has 1 amide bonds. The number of carbonyl (C=O) groups excluding carboxylic acids is 1. The van der Waals surface area contributed by atoms with Crippen LogP contribution in [0.25, 0.3) is 6.08 Å². The number of amides is 1. The molecule has 0 atom stereocenters. The first-order valence-electron chi connectivity index (χ1n) is 7.17. The summed E-state index contributed by atoms with van der Waals surface area (Å²) in [5.41, 5.74) is 1.31. The zero-order valence-corrected chi connectivity index (χ0v) is 12.6. The van der Waals surface area contributed by atoms with Crippen molar-refractivity contribution in [3.63, 3.8) is 0 Å². The number of aryl methyl sites for hydroxylation is 1. The van der Waals surface area contributed by atoms with Gasteiger partial charge in [-0.1, -0.05) is 25.7 Å². The molecule has 1 N–H and O–H groups in total. The third-order valence-corrected chi connectivity index (χ3v) is 4.70. The third-order valence-electron chi connectivity index (χ3n) is 3.73. The van der Waals surface area contributed by atoms with Crippen LogP contribution in [0.3, 0.4) is 0 Å². The summed E-state index contributed by atoms with van der Waals surface area (Å²) >= 11 is 1.55. The van der Waals surface area contributed by atoms with Gasteiger partial charge in [-0.25, -0.2) is 0 Å². The second kappa shape index (κ2) is 7.25. The summed E-state index contributed by atoms with van der Waals surface area (Å²) in [5, 5.41) is 14.2. The van der Waals surface area contributed by atoms with Crippen LogP contribution in [0.1, 0.15) is 49.0 Å². The average Bonchev–Trinajstić information content (AvgIpc) is 2.68. The van der Waals surface area contributed by atoms with Gasteiger partial charge in [-0.15, -0.1) is 11.3 Å². The number of nitriles is 1. The van der Waals surface area contributed by atoms with E-state index in [0.717, 1.165) is 23.3 Å². The van der Waals surface area contributed by atoms with Gasteiger partial charge in [-0.3, -0.25) is 4.79 Å². The summed E-state index contributed by atoms with van der Waals surface area (Å²) < 4.78 is 0. The Balaban J connectivity index is 2.04. The molecule has 1 fully saturated rings. The first kappa shape index (κ1) is 14.8. The van der Waals surface area contributed by atoms with Crippen molar-refractivity contribution in [1.82, 2.24) is 5.32 Å². The molecule has 0 aliphatic heterocycles. The first-order valence-corrected chi connectivity index (χ1v) is 8.05. The standard InChI is InChI=1S/C16H20N2OS/c1-12-8-9-20-15(12)10-13(11-17)16(19)18-14-6-4-2-3-5-7-14/h8-10,14H,2-7H2,1H3,(H,18,19)/b13-10+. The molecule has 0 saturated heterocycles. The lowest BCUT2D eigenvalue weighted by atomic mass is 10.1. The number of nitrogens with one attached hydrogen (secondary N) is 1. The molecule has 4 heteroatoms. The number of hydrogen-bond donors (Lipinski definition) is 1. The molecule has 1 saturated carbocycles. The van der Waals surface area contributed by atoms with Gasteiger partial charge in [-0.2, -0.15) is 5.26 Å². The predicted molar refractivity (Wildman–Crippen MR) is 82.3 cm³/mol. The second-order valence-corrected chi connectivity index (χ2v) is 6.25. The van der Waals surface area contributed by atoms with E-state index in [1.165, 1.54) is 25.7 Å². The molecule has 1 aromatic heterocycles. The second-order valence-electron chi connectivity index (χ2n) is 5.30. The van der Waals surface area contributed by atoms with Crippen molar-refractivity contribution in [2.75, 3.05) is 0 Å². The molecule has 0 bridgehead atoms. The fraction of sp³-hybridized carbons (Fsp3) is 0.500. The summed E-state index contributed by atoms with van der Waals surface area (Å²) in [6, 6.07) is 4.25. The highest BCUT2D eigenvalue weighted by Gasteiger charge is 2.17. The fourth-order valence-corrected chi connectivity index (χ4v) is 3.36. The molecule has 0 spiro atoms. The van der Waals surface area contributed by atoms with Gasteiger partial charge >= 0.3 is 0 Å². The van der Waals surface area contributed by atoms with Crippen molar-refractivity contribution in [2.45, 2.75) is 51.5 Å². The molecule has 2 rings (SSSR count). The Morgan fingerprint density at radius 2 is 2.10 bits per heavy atom. The highest BCUT2D eigenvalue weighted by molar-refractivity contribution is 7.11. The lowest BCUT2D eigenvalue weighted by Gasteiger charge is -2.15. The quantitative estimate of drug-likeness (QED) is 0.522. The van der Waals surface area contributed by atoms with Gasteiger partial charge in [0.2, 0.25) is 0 Å². The molecule has 20 heavy (non-hydrogen) atoms. The van der Waals surface area contributed by atoms with Crippen LogP contribution < -0.4 is 5.32 Å². The maximum atomic E-state index is 12.2. The molecule has 1 aliphatic rings. The van der Waals surface area contributed by atoms with E-state index in [1.54, 1.807) is 17.4 Å². The van der Waals surface area contributed by atoms with Crippen molar-refractivity contribution in [3.05, 3.63) is 27.5 Å². The van der Waals surface area contributed by atoms with Crippen molar-refractivity contribution >= 4 is 23.3 Å². The van der Waals surface area contributed by atoms with Gasteiger partial charge < -0.3 is 5.32 Å². The van der Waals surface area contributed by atoms with E-state index >= 15 is 0 Å². The molecule has 1 heterocycles. The van der Waals surface area contributed by atoms with E-state index in [4.69, 9.17) is 0 Å². The molecule has 1 aliphatic carbocycles. The first-order chi connectivity index (χ1) is 9.70. The van der Waals surface area contributed by atoms with Gasteiger partial charge in [0.1, 0.15) is 11.6 Å². The monoisotopic (exact) mass is 288 g/mol. The molecule has 0 aromatic carbocycles. The van der Waals surface area contributed by atoms with Crippen LogP contribution in [-0.2, 0) is 4.79 Å². The highest BCUT2D eigenvalue weighted by atomic mass is 32.1. The SMILES string of the molecule is Cc1ccsc1/C=C(\C#N)C(=O)NC1CCCCCC1. The number of rotatable bonds is 3. The lowest BCUT2D eigenvalue weighted by molar-refractivity contribution is -0.117. The Hall–Kier alpha value is -1.60. The Bertz CT molecular complexity index is 531. The van der Waals surface area contributed by atoms with Crippen LogP contribution in [0.4, 0.5) is 0 Å². The highest BCUT2D eigenvalue weighted by Crippen LogP contribution is 2.20. The van der Waals surface area contributed by atoms with Gasteiger partial charge in [0.05, 0.1) is 0 Å². The van der Waals surface area contributed by atoms with Crippen LogP contribution in [0.2, 0.25) is 0 Å². The zero-order valence-electron chi connectivity index (χ0n) is 11.8. The van der Waals surface area contributed by atoms with Gasteiger partial charge in [0, 0.05) is 10.9 Å². The summed E-state index contributed by atoms with van der Waals surface area (Å²) in [5.74, 6) is -0.229. The fourth-order valence-electron chi connectivity index (χ4n) is 2.50. The zero-order chi connectivity index (χ0) is 14.4. The molecule has 3 nitrogen and oxygen atoms in total. The summed E-state index contributed by atoms with van der Waals surface area (Å²) in [4.78, 5) is 13.2. The largest absolute Gasteiger partial charge is 0.349 e. The molecular weight excluding hydrogens is 268 g/mol. The topological polar surface area (TPSA) is 52.9 Å². The van der Waals surface area contributed by atoms with E-state index in [0.29, 0.717) is 0 Å². The third kappa shape index (κ3) is 3.94. The van der Waals surface area contributed by atoms with E-state index in [-0.39, 0.29) is 17.5 Å². The van der Waals surface area contributed by atoms with Crippen LogP contribution in [0.5, 0.6) is 0 Å². The van der Waals surface area contributed by atoms with Crippen molar-refractivity contribution in [1.29, 1.82) is 5.26 Å². The summed E-state index contributed by atoms with van der Waals surface area (Å²) in [6.45, 7) is 1.99. The van der Waals surface area contributed by atoms with Gasteiger partial charge in [0.25, 0.3) is 5.91 Å². The lowest BCUT2D eigenvalue weighted by Crippen LogP contribution is -2.35. The Morgan fingerprint density at radius 1 is 1.40 bits per heavy atom. The van der Waals surface area contributed by atoms with Crippen LogP contribution in [-0.4, -0.2) is 11.9 Å². The molecular formula is C16H20N2OS. The molecule has 106 valence electrons. The normalized spacial score (nSPS) is 17.3. The molecule has 0 radical (unpaired) electrons. The van der Waals surface area contributed by atoms with Gasteiger partial charge in [0.15, 0.2) is 0 Å². The maximum Gasteiger partial charge on any atom is 0.262 e. The van der Waals surface area contributed by atoms with Crippen LogP contribution in [0.15, 0.2) is 17.0 Å².